The molecule has 4 rings (SSSR count). The van der Waals surface area contributed by atoms with Crippen LogP contribution in [0, 0.1) is 11.6 Å². The average Bonchev–Trinajstić information content (AvgIpc) is 3.11. The molecule has 0 amide bonds. The molecule has 272 valence electrons. The van der Waals surface area contributed by atoms with Crippen molar-refractivity contribution >= 4 is 28.5 Å². The Balaban J connectivity index is 0.00000171. The highest BCUT2D eigenvalue weighted by molar-refractivity contribution is 5.90. The third kappa shape index (κ3) is 13.0. The first-order valence-corrected chi connectivity index (χ1v) is 17.8. The minimum absolute atomic E-state index is 0.500. The summed E-state index contributed by atoms with van der Waals surface area (Å²) >= 11 is 0. The van der Waals surface area contributed by atoms with Crippen LogP contribution in [0.3, 0.4) is 0 Å². The summed E-state index contributed by atoms with van der Waals surface area (Å²) < 4.78 is 52.8. The summed E-state index contributed by atoms with van der Waals surface area (Å²) in [6, 6.07) is 22.5. The molecule has 0 spiro atoms. The fourth-order valence-corrected chi connectivity index (χ4v) is 6.50. The monoisotopic (exact) mass is 698 g/mol. The third-order valence-electron chi connectivity index (χ3n) is 8.94. The fraction of sp³-hybridized carbons (Fsp3) is 0.326. The lowest BCUT2D eigenvalue weighted by Gasteiger charge is -2.39. The summed E-state index contributed by atoms with van der Waals surface area (Å²) in [6.45, 7) is 22.2. The number of hydrogen-bond acceptors (Lipinski definition) is 0. The van der Waals surface area contributed by atoms with E-state index in [9.17, 15) is 17.6 Å². The second-order valence-electron chi connectivity index (χ2n) is 12.9. The van der Waals surface area contributed by atoms with Gasteiger partial charge in [0.15, 0.2) is 0 Å². The maximum atomic E-state index is 14.3. The summed E-state index contributed by atoms with van der Waals surface area (Å²) in [7, 11) is 0.500. The smallest absolute Gasteiger partial charge is 0.126 e. The van der Waals surface area contributed by atoms with E-state index in [-0.39, 0.29) is 0 Å². The molecule has 0 radical (unpaired) electrons. The number of hydrogen-bond donors (Lipinski definition) is 0. The average molecular weight is 699 g/mol. The van der Waals surface area contributed by atoms with Gasteiger partial charge in [-0.1, -0.05) is 113 Å². The lowest BCUT2D eigenvalue weighted by atomic mass is 9.87. The predicted octanol–water partition coefficient (Wildman–Crippen LogP) is 13.3. The van der Waals surface area contributed by atoms with E-state index in [0.717, 1.165) is 90.1 Å². The highest BCUT2D eigenvalue weighted by Crippen LogP contribution is 2.34. The van der Waals surface area contributed by atoms with Gasteiger partial charge in [0.25, 0.3) is 0 Å². The Kier molecular flexibility index (Phi) is 18.8. The molecular formula is C46H56F4N+. The third-order valence-corrected chi connectivity index (χ3v) is 8.94. The van der Waals surface area contributed by atoms with Gasteiger partial charge in [-0.25, -0.2) is 13.2 Å². The van der Waals surface area contributed by atoms with Gasteiger partial charge in [-0.05, 0) is 102 Å². The van der Waals surface area contributed by atoms with Gasteiger partial charge in [-0.3, -0.25) is 4.39 Å². The number of unbranched alkanes of at least 4 members (excludes halogenated alkanes) is 2. The van der Waals surface area contributed by atoms with Crippen molar-refractivity contribution in [3.8, 4) is 0 Å². The van der Waals surface area contributed by atoms with Crippen molar-refractivity contribution in [2.24, 2.45) is 0 Å². The Morgan fingerprint density at radius 3 is 2.02 bits per heavy atom. The van der Waals surface area contributed by atoms with Crippen molar-refractivity contribution in [2.45, 2.75) is 72.5 Å². The lowest BCUT2D eigenvalue weighted by Crippen LogP contribution is -2.49. The predicted molar refractivity (Wildman–Crippen MR) is 213 cm³/mol. The molecule has 0 aliphatic heterocycles. The van der Waals surface area contributed by atoms with Crippen molar-refractivity contribution in [3.05, 3.63) is 155 Å². The molecule has 1 nitrogen and oxygen atoms in total. The molecule has 0 heterocycles. The molecule has 0 aliphatic rings. The number of allylic oxidation sites excluding steroid dienone is 2. The van der Waals surface area contributed by atoms with E-state index < -0.39 is 17.8 Å². The summed E-state index contributed by atoms with van der Waals surface area (Å²) in [4.78, 5) is 0. The molecule has 1 unspecified atom stereocenters. The number of alkyl halides is 2. The molecule has 0 aromatic heterocycles. The van der Waals surface area contributed by atoms with Crippen LogP contribution in [0.15, 0.2) is 110 Å². The maximum Gasteiger partial charge on any atom is 0.126 e. The molecule has 0 fully saturated rings. The molecule has 4 aromatic carbocycles. The van der Waals surface area contributed by atoms with Crippen LogP contribution in [0.1, 0.15) is 86.8 Å². The zero-order valence-electron chi connectivity index (χ0n) is 31.3. The van der Waals surface area contributed by atoms with E-state index in [1.54, 1.807) is 13.0 Å². The largest absolute Gasteiger partial charge is 0.317 e. The van der Waals surface area contributed by atoms with Crippen molar-refractivity contribution in [2.75, 3.05) is 26.8 Å². The topological polar surface area (TPSA) is 0 Å². The molecular weight excluding hydrogens is 643 g/mol. The van der Waals surface area contributed by atoms with E-state index >= 15 is 0 Å². The summed E-state index contributed by atoms with van der Waals surface area (Å²) in [5.74, 6) is -1.18. The number of halogens is 4. The lowest BCUT2D eigenvalue weighted by molar-refractivity contribution is -0.936. The summed E-state index contributed by atoms with van der Waals surface area (Å²) in [5.41, 5.74) is 9.20. The first kappa shape index (κ1) is 42.7. The molecule has 0 saturated heterocycles. The van der Waals surface area contributed by atoms with Gasteiger partial charge in [-0.2, -0.15) is 0 Å². The minimum Gasteiger partial charge on any atom is -0.317 e. The second kappa shape index (κ2) is 22.4. The minimum atomic E-state index is -1.06. The normalized spacial score (nSPS) is 12.1. The second-order valence-corrected chi connectivity index (χ2v) is 12.9. The first-order valence-electron chi connectivity index (χ1n) is 17.8. The summed E-state index contributed by atoms with van der Waals surface area (Å²) in [5, 5.41) is 2.31. The Morgan fingerprint density at radius 1 is 0.843 bits per heavy atom. The van der Waals surface area contributed by atoms with Gasteiger partial charge in [0.2, 0.25) is 0 Å². The zero-order chi connectivity index (χ0) is 37.8. The van der Waals surface area contributed by atoms with E-state index in [0.29, 0.717) is 19.2 Å². The van der Waals surface area contributed by atoms with Gasteiger partial charge < -0.3 is 4.48 Å². The summed E-state index contributed by atoms with van der Waals surface area (Å²) in [6.07, 6.45) is 11.8. The Morgan fingerprint density at radius 2 is 1.43 bits per heavy atom. The molecule has 51 heavy (non-hydrogen) atoms. The van der Waals surface area contributed by atoms with E-state index in [4.69, 9.17) is 0 Å². The molecule has 0 saturated carbocycles. The van der Waals surface area contributed by atoms with Crippen molar-refractivity contribution in [3.63, 3.8) is 0 Å². The van der Waals surface area contributed by atoms with Crippen LogP contribution in [0.4, 0.5) is 17.6 Å². The van der Waals surface area contributed by atoms with Gasteiger partial charge in [-0.15, -0.1) is 5.73 Å². The van der Waals surface area contributed by atoms with Crippen LogP contribution in [-0.2, 0) is 13.0 Å². The number of fused-ring (bicyclic) bond motifs is 1. The number of quaternary nitrogens is 1. The highest BCUT2D eigenvalue weighted by Gasteiger charge is 2.29. The molecule has 5 heteroatoms. The molecule has 4 aromatic rings. The molecule has 0 N–H and O–H groups in total. The number of benzene rings is 4. The first-order chi connectivity index (χ1) is 24.6. The molecule has 1 atom stereocenters. The number of nitrogens with zero attached hydrogens (tertiary/aromatic N) is 1. The van der Waals surface area contributed by atoms with Crippen LogP contribution < -0.4 is 0 Å². The van der Waals surface area contributed by atoms with Gasteiger partial charge in [0.1, 0.15) is 24.4 Å². The van der Waals surface area contributed by atoms with Crippen LogP contribution >= 0.6 is 0 Å². The van der Waals surface area contributed by atoms with Gasteiger partial charge >= 0.3 is 0 Å². The Labute approximate surface area is 304 Å². The number of rotatable bonds is 16. The quantitative estimate of drug-likeness (QED) is 0.0359. The SMILES string of the molecule is C=C=C.C=CC[N+](CCCC)(CCCC)Cc1c(/C=C/C(C)F)cc2ccccc2c1Cc1ccccc1/C=C(\C)c1cc(F)cc(F)c1.CF. The maximum absolute atomic E-state index is 14.3. The molecule has 0 bridgehead atoms. The van der Waals surface area contributed by atoms with Crippen molar-refractivity contribution < 1.29 is 22.0 Å². The van der Waals surface area contributed by atoms with Crippen LogP contribution in [0.5, 0.6) is 0 Å². The van der Waals surface area contributed by atoms with Crippen LogP contribution in [-0.4, -0.2) is 37.5 Å². The zero-order valence-corrected chi connectivity index (χ0v) is 31.3. The van der Waals surface area contributed by atoms with Crippen molar-refractivity contribution in [1.82, 2.24) is 0 Å². The fourth-order valence-electron chi connectivity index (χ4n) is 6.50. The van der Waals surface area contributed by atoms with Crippen LogP contribution in [0.25, 0.3) is 28.5 Å². The van der Waals surface area contributed by atoms with E-state index in [2.05, 4.69) is 87.9 Å². The molecule has 0 aliphatic carbocycles. The highest BCUT2D eigenvalue weighted by atomic mass is 19.1. The Bertz CT molecular complexity index is 1750. The van der Waals surface area contributed by atoms with E-state index in [1.165, 1.54) is 28.6 Å². The van der Waals surface area contributed by atoms with Gasteiger partial charge in [0, 0.05) is 11.6 Å². The standard InChI is InChI=1S/C42H49F3N.C3H4.CH3F/c1-6-9-22-46(21-8-3,23-10-7-2)30-42-36(20-19-32(5)43)25-35-17-13-14-18-40(35)41(42)28-34-16-12-11-15-33(34)24-31(4)37-26-38(44)29-39(45)27-37;1-3-2;1-2/h8,11-20,24-27,29,32H,3,6-7,9-10,21-23,28,30H2,1-2,4-5H3;1-2H2;1H3/q+1;;/b20-19+,31-24+;;. The van der Waals surface area contributed by atoms with Crippen LogP contribution in [0.2, 0.25) is 0 Å². The van der Waals surface area contributed by atoms with E-state index in [1.807, 2.05) is 31.2 Å². The Hall–Kier alpha value is -4.44. The van der Waals surface area contributed by atoms with Crippen molar-refractivity contribution in [1.29, 1.82) is 0 Å². The van der Waals surface area contributed by atoms with Gasteiger partial charge in [0.05, 0.1) is 26.8 Å².